The number of hydrogen-bond acceptors (Lipinski definition) is 6. The van der Waals surface area contributed by atoms with Crippen molar-refractivity contribution in [3.8, 4) is 5.75 Å². The Labute approximate surface area is 178 Å². The number of amides is 2. The molecule has 0 saturated carbocycles. The van der Waals surface area contributed by atoms with Gasteiger partial charge >= 0.3 is 0 Å². The number of anilines is 1. The molecule has 0 aromatic heterocycles. The maximum Gasteiger partial charge on any atom is 0.292 e. The molecule has 0 bridgehead atoms. The summed E-state index contributed by atoms with van der Waals surface area (Å²) in [4.78, 5) is 34.0. The van der Waals surface area contributed by atoms with E-state index < -0.39 is 10.8 Å². The van der Waals surface area contributed by atoms with Crippen molar-refractivity contribution in [1.29, 1.82) is 0 Å². The second-order valence-corrected chi connectivity index (χ2v) is 6.85. The average molecular weight is 435 g/mol. The van der Waals surface area contributed by atoms with Crippen LogP contribution >= 0.6 is 11.6 Å². The maximum atomic E-state index is 11.8. The summed E-state index contributed by atoms with van der Waals surface area (Å²) >= 11 is 5.89. The quantitative estimate of drug-likeness (QED) is 0.299. The number of nitro groups is 1. The van der Waals surface area contributed by atoms with E-state index in [4.69, 9.17) is 16.3 Å². The van der Waals surface area contributed by atoms with Gasteiger partial charge in [0.2, 0.25) is 11.8 Å². The summed E-state index contributed by atoms with van der Waals surface area (Å²) in [7, 11) is 0. The molecule has 0 aliphatic heterocycles. The van der Waals surface area contributed by atoms with E-state index in [1.807, 2.05) is 6.92 Å². The first kappa shape index (κ1) is 23.0. The number of nitrogens with one attached hydrogen (secondary N) is 3. The number of carbonyl (C=O) groups excluding carboxylic acids is 2. The third kappa shape index (κ3) is 7.59. The van der Waals surface area contributed by atoms with Gasteiger partial charge in [-0.3, -0.25) is 30.6 Å². The van der Waals surface area contributed by atoms with Gasteiger partial charge in [0.05, 0.1) is 11.5 Å². The molecule has 0 heterocycles. The zero-order valence-corrected chi connectivity index (χ0v) is 17.2. The van der Waals surface area contributed by atoms with E-state index in [0.717, 1.165) is 5.56 Å². The smallest absolute Gasteiger partial charge is 0.292 e. The fourth-order valence-corrected chi connectivity index (χ4v) is 2.77. The standard InChI is InChI=1S/C20H23ClN4O5/c1-14-13-15(21)8-9-18(14)30-12-4-7-19(26)23-24-20(27)10-11-22-16-5-2-3-6-17(16)25(28)29/h2-3,5-6,8-9,13,22H,4,7,10-12H2,1H3,(H,23,26)(H,24,27). The van der Waals surface area contributed by atoms with Crippen LogP contribution in [0.2, 0.25) is 5.02 Å². The number of hydrazine groups is 1. The van der Waals surface area contributed by atoms with E-state index in [1.54, 1.807) is 36.4 Å². The lowest BCUT2D eigenvalue weighted by atomic mass is 10.2. The molecule has 0 unspecified atom stereocenters. The highest BCUT2D eigenvalue weighted by molar-refractivity contribution is 6.30. The molecule has 0 spiro atoms. The molecule has 160 valence electrons. The first-order valence-corrected chi connectivity index (χ1v) is 9.68. The molecule has 0 aliphatic rings. The molecule has 9 nitrogen and oxygen atoms in total. The summed E-state index contributed by atoms with van der Waals surface area (Å²) in [6.07, 6.45) is 0.690. The monoisotopic (exact) mass is 434 g/mol. The predicted molar refractivity (Wildman–Crippen MR) is 113 cm³/mol. The summed E-state index contributed by atoms with van der Waals surface area (Å²) < 4.78 is 5.61. The van der Waals surface area contributed by atoms with E-state index >= 15 is 0 Å². The van der Waals surface area contributed by atoms with E-state index in [-0.39, 0.29) is 31.0 Å². The normalized spacial score (nSPS) is 10.2. The number of aryl methyl sites for hydroxylation is 1. The number of benzene rings is 2. The molecule has 10 heteroatoms. The highest BCUT2D eigenvalue weighted by Crippen LogP contribution is 2.23. The Balaban J connectivity index is 1.60. The maximum absolute atomic E-state index is 11.8. The van der Waals surface area contributed by atoms with E-state index in [1.165, 1.54) is 6.07 Å². The largest absolute Gasteiger partial charge is 0.493 e. The number of ether oxygens (including phenoxy) is 1. The predicted octanol–water partition coefficient (Wildman–Crippen LogP) is 3.37. The average Bonchev–Trinajstić information content (AvgIpc) is 2.71. The van der Waals surface area contributed by atoms with Crippen LogP contribution in [0.1, 0.15) is 24.8 Å². The number of nitrogens with zero attached hydrogens (tertiary/aromatic N) is 1. The van der Waals surface area contributed by atoms with Gasteiger partial charge in [-0.15, -0.1) is 0 Å². The molecule has 2 aromatic carbocycles. The van der Waals surface area contributed by atoms with Gasteiger partial charge in [-0.25, -0.2) is 0 Å². The van der Waals surface area contributed by atoms with Crippen LogP contribution in [-0.4, -0.2) is 29.9 Å². The Morgan fingerprint density at radius 1 is 1.10 bits per heavy atom. The van der Waals surface area contributed by atoms with Gasteiger partial charge in [-0.1, -0.05) is 23.7 Å². The lowest BCUT2D eigenvalue weighted by Gasteiger charge is -2.10. The van der Waals surface area contributed by atoms with E-state index in [0.29, 0.717) is 29.5 Å². The van der Waals surface area contributed by atoms with Crippen molar-refractivity contribution < 1.29 is 19.2 Å². The second-order valence-electron chi connectivity index (χ2n) is 6.41. The van der Waals surface area contributed by atoms with Gasteiger partial charge in [0.15, 0.2) is 0 Å². The Hall–Kier alpha value is -3.33. The van der Waals surface area contributed by atoms with Crippen molar-refractivity contribution in [2.24, 2.45) is 0 Å². The van der Waals surface area contributed by atoms with Crippen LogP contribution in [0.15, 0.2) is 42.5 Å². The number of hydrogen-bond donors (Lipinski definition) is 3. The highest BCUT2D eigenvalue weighted by atomic mass is 35.5. The zero-order valence-electron chi connectivity index (χ0n) is 16.4. The molecule has 2 rings (SSSR count). The van der Waals surface area contributed by atoms with Crippen molar-refractivity contribution in [2.45, 2.75) is 26.2 Å². The minimum absolute atomic E-state index is 0.0330. The fraction of sp³-hybridized carbons (Fsp3) is 0.300. The Kier molecular flexibility index (Phi) is 8.89. The van der Waals surface area contributed by atoms with Gasteiger partial charge in [0.25, 0.3) is 5.69 Å². The molecule has 0 fully saturated rings. The SMILES string of the molecule is Cc1cc(Cl)ccc1OCCCC(=O)NNC(=O)CCNc1ccccc1[N+](=O)[O-]. The molecule has 2 aromatic rings. The molecule has 0 saturated heterocycles. The second kappa shape index (κ2) is 11.6. The Bertz CT molecular complexity index is 907. The molecule has 2 amide bonds. The minimum atomic E-state index is -0.499. The number of halogens is 1. The Morgan fingerprint density at radius 3 is 2.50 bits per heavy atom. The van der Waals surface area contributed by atoms with Crippen LogP contribution in [-0.2, 0) is 9.59 Å². The number of nitro benzene ring substituents is 1. The molecule has 0 aliphatic carbocycles. The molecule has 3 N–H and O–H groups in total. The van der Waals surface area contributed by atoms with Crippen LogP contribution < -0.4 is 20.9 Å². The fourth-order valence-electron chi connectivity index (χ4n) is 2.55. The highest BCUT2D eigenvalue weighted by Gasteiger charge is 2.12. The van der Waals surface area contributed by atoms with Gasteiger partial charge in [-0.05, 0) is 43.2 Å². The van der Waals surface area contributed by atoms with Crippen LogP contribution in [0, 0.1) is 17.0 Å². The molecular formula is C20H23ClN4O5. The zero-order chi connectivity index (χ0) is 21.9. The van der Waals surface area contributed by atoms with Crippen molar-refractivity contribution in [1.82, 2.24) is 10.9 Å². The number of carbonyl (C=O) groups is 2. The summed E-state index contributed by atoms with van der Waals surface area (Å²) in [5.74, 6) is -0.0480. The molecular weight excluding hydrogens is 412 g/mol. The number of para-hydroxylation sites is 2. The summed E-state index contributed by atoms with van der Waals surface area (Å²) in [5.41, 5.74) is 5.82. The summed E-state index contributed by atoms with van der Waals surface area (Å²) in [6.45, 7) is 2.42. The van der Waals surface area contributed by atoms with E-state index in [2.05, 4.69) is 16.2 Å². The minimum Gasteiger partial charge on any atom is -0.493 e. The van der Waals surface area contributed by atoms with E-state index in [9.17, 15) is 19.7 Å². The van der Waals surface area contributed by atoms with Crippen LogP contribution in [0.4, 0.5) is 11.4 Å². The van der Waals surface area contributed by atoms with Gasteiger partial charge in [0.1, 0.15) is 11.4 Å². The summed E-state index contributed by atoms with van der Waals surface area (Å²) in [6, 6.07) is 11.5. The van der Waals surface area contributed by atoms with Crippen molar-refractivity contribution >= 4 is 34.8 Å². The third-order valence-corrected chi connectivity index (χ3v) is 4.29. The molecule has 0 atom stereocenters. The molecule has 0 radical (unpaired) electrons. The van der Waals surface area contributed by atoms with Gasteiger partial charge in [0, 0.05) is 30.5 Å². The van der Waals surface area contributed by atoms with Gasteiger partial charge in [-0.2, -0.15) is 0 Å². The number of rotatable bonds is 10. The van der Waals surface area contributed by atoms with Gasteiger partial charge < -0.3 is 10.1 Å². The first-order valence-electron chi connectivity index (χ1n) is 9.30. The lowest BCUT2D eigenvalue weighted by Crippen LogP contribution is -2.42. The third-order valence-electron chi connectivity index (χ3n) is 4.05. The molecule has 30 heavy (non-hydrogen) atoms. The Morgan fingerprint density at radius 2 is 1.80 bits per heavy atom. The first-order chi connectivity index (χ1) is 14.4. The van der Waals surface area contributed by atoms with Crippen molar-refractivity contribution in [3.05, 3.63) is 63.2 Å². The van der Waals surface area contributed by atoms with Crippen LogP contribution in [0.25, 0.3) is 0 Å². The van der Waals surface area contributed by atoms with Crippen molar-refractivity contribution in [2.75, 3.05) is 18.5 Å². The van der Waals surface area contributed by atoms with Crippen molar-refractivity contribution in [3.63, 3.8) is 0 Å². The topological polar surface area (TPSA) is 123 Å². The lowest BCUT2D eigenvalue weighted by molar-refractivity contribution is -0.384. The summed E-state index contributed by atoms with van der Waals surface area (Å²) in [5, 5.41) is 14.4. The van der Waals surface area contributed by atoms with Crippen LogP contribution in [0.3, 0.4) is 0 Å². The van der Waals surface area contributed by atoms with Crippen LogP contribution in [0.5, 0.6) is 5.75 Å².